The molecule has 2 aliphatic heterocycles. The number of fused-ring (bicyclic) bond motifs is 1. The molecule has 174 valence electrons. The second-order valence-electron chi connectivity index (χ2n) is 8.89. The minimum Gasteiger partial charge on any atom is -0.381 e. The number of aromatic amines is 1. The monoisotopic (exact) mass is 450 g/mol. The lowest BCUT2D eigenvalue weighted by Gasteiger charge is -2.34. The fraction of sp³-hybridized carbons (Fsp3) is 0.500. The van der Waals surface area contributed by atoms with Gasteiger partial charge in [-0.1, -0.05) is 0 Å². The zero-order chi connectivity index (χ0) is 22.6. The Hall–Kier alpha value is -2.88. The molecule has 9 nitrogen and oxygen atoms in total. The molecular formula is C24H30N6O3. The summed E-state index contributed by atoms with van der Waals surface area (Å²) in [5.74, 6) is 1.21. The van der Waals surface area contributed by atoms with E-state index in [1.165, 1.54) is 6.33 Å². The van der Waals surface area contributed by atoms with E-state index >= 15 is 0 Å². The van der Waals surface area contributed by atoms with E-state index in [4.69, 9.17) is 14.5 Å². The Morgan fingerprint density at radius 3 is 2.82 bits per heavy atom. The van der Waals surface area contributed by atoms with Crippen molar-refractivity contribution in [3.63, 3.8) is 0 Å². The van der Waals surface area contributed by atoms with Gasteiger partial charge in [0.25, 0.3) is 5.56 Å². The molecule has 2 aliphatic rings. The molecule has 2 atom stereocenters. The number of nitrogens with one attached hydrogen (secondary N) is 3. The highest BCUT2D eigenvalue weighted by atomic mass is 16.5. The van der Waals surface area contributed by atoms with Gasteiger partial charge in [0.05, 0.1) is 24.3 Å². The average molecular weight is 451 g/mol. The van der Waals surface area contributed by atoms with Gasteiger partial charge >= 0.3 is 0 Å². The SMILES string of the molecule is Cc1cc2c(-c3cncnc3)cnc(N[C@@H]3CCNC[C@H]3OCC3CCOCC3)c2[nH]c1=O. The van der Waals surface area contributed by atoms with E-state index in [2.05, 4.69) is 25.6 Å². The van der Waals surface area contributed by atoms with Crippen LogP contribution in [-0.4, -0.2) is 65.0 Å². The van der Waals surface area contributed by atoms with Gasteiger partial charge in [-0.25, -0.2) is 15.0 Å². The summed E-state index contributed by atoms with van der Waals surface area (Å²) in [6.07, 6.45) is 9.86. The largest absolute Gasteiger partial charge is 0.381 e. The van der Waals surface area contributed by atoms with E-state index < -0.39 is 0 Å². The van der Waals surface area contributed by atoms with Gasteiger partial charge < -0.3 is 25.1 Å². The molecule has 9 heteroatoms. The smallest absolute Gasteiger partial charge is 0.251 e. The minimum absolute atomic E-state index is 0.0258. The first kappa shape index (κ1) is 21.9. The number of hydrogen-bond donors (Lipinski definition) is 3. The molecule has 2 saturated heterocycles. The standard InChI is InChI=1S/C24H30N6O3/c1-15-8-18-19(17-9-26-14-27-10-17)11-28-23(22(18)30-24(15)31)29-20-2-5-25-12-21(20)33-13-16-3-6-32-7-4-16/h8-11,14,16,20-21,25H,2-7,12-13H2,1H3,(H,28,29)(H,30,31)/t20-,21-/m1/s1. The van der Waals surface area contributed by atoms with Gasteiger partial charge in [0.2, 0.25) is 0 Å². The number of piperidine rings is 1. The van der Waals surface area contributed by atoms with Crippen molar-refractivity contribution in [2.24, 2.45) is 5.92 Å². The van der Waals surface area contributed by atoms with Crippen LogP contribution in [0.1, 0.15) is 24.8 Å². The van der Waals surface area contributed by atoms with E-state index in [0.717, 1.165) is 68.7 Å². The lowest BCUT2D eigenvalue weighted by Crippen LogP contribution is -2.49. The number of rotatable bonds is 6. The van der Waals surface area contributed by atoms with Gasteiger partial charge in [-0.2, -0.15) is 0 Å². The van der Waals surface area contributed by atoms with Crippen molar-refractivity contribution in [3.8, 4) is 11.1 Å². The maximum Gasteiger partial charge on any atom is 0.251 e. The topological polar surface area (TPSA) is 114 Å². The van der Waals surface area contributed by atoms with Crippen molar-refractivity contribution < 1.29 is 9.47 Å². The lowest BCUT2D eigenvalue weighted by atomic mass is 10.00. The Labute approximate surface area is 192 Å². The number of nitrogens with zero attached hydrogens (tertiary/aromatic N) is 3. The van der Waals surface area contributed by atoms with Crippen LogP contribution in [0.25, 0.3) is 22.0 Å². The van der Waals surface area contributed by atoms with Crippen LogP contribution in [0.2, 0.25) is 0 Å². The summed E-state index contributed by atoms with van der Waals surface area (Å²) in [6, 6.07) is 2.00. The van der Waals surface area contributed by atoms with Gasteiger partial charge in [0.1, 0.15) is 6.33 Å². The molecule has 5 rings (SSSR count). The fourth-order valence-electron chi connectivity index (χ4n) is 4.59. The zero-order valence-electron chi connectivity index (χ0n) is 18.8. The van der Waals surface area contributed by atoms with E-state index in [-0.39, 0.29) is 17.7 Å². The minimum atomic E-state index is -0.119. The molecule has 0 unspecified atom stereocenters. The Balaban J connectivity index is 1.42. The van der Waals surface area contributed by atoms with Gasteiger partial charge in [0, 0.05) is 60.4 Å². The van der Waals surface area contributed by atoms with Crippen molar-refractivity contribution in [2.45, 2.75) is 38.3 Å². The van der Waals surface area contributed by atoms with Crippen LogP contribution in [0, 0.1) is 12.8 Å². The van der Waals surface area contributed by atoms with Crippen LogP contribution in [0.4, 0.5) is 5.82 Å². The maximum atomic E-state index is 12.5. The fourth-order valence-corrected chi connectivity index (χ4v) is 4.59. The summed E-state index contributed by atoms with van der Waals surface area (Å²) in [4.78, 5) is 28.5. The quantitative estimate of drug-likeness (QED) is 0.524. The van der Waals surface area contributed by atoms with Gasteiger partial charge in [0.15, 0.2) is 5.82 Å². The molecule has 0 bridgehead atoms. The van der Waals surface area contributed by atoms with Crippen LogP contribution in [-0.2, 0) is 9.47 Å². The van der Waals surface area contributed by atoms with Crippen molar-refractivity contribution in [2.75, 3.05) is 38.2 Å². The van der Waals surface area contributed by atoms with Crippen LogP contribution in [0.5, 0.6) is 0 Å². The third-order valence-electron chi connectivity index (χ3n) is 6.58. The van der Waals surface area contributed by atoms with Gasteiger partial charge in [-0.3, -0.25) is 4.79 Å². The highest BCUT2D eigenvalue weighted by Crippen LogP contribution is 2.30. The first-order valence-corrected chi connectivity index (χ1v) is 11.6. The second kappa shape index (κ2) is 9.94. The van der Waals surface area contributed by atoms with Crippen molar-refractivity contribution in [1.82, 2.24) is 25.3 Å². The normalized spacial score (nSPS) is 21.8. The number of H-pyrrole nitrogens is 1. The number of aryl methyl sites for hydroxylation is 1. The Morgan fingerprint density at radius 2 is 2.00 bits per heavy atom. The zero-order valence-corrected chi connectivity index (χ0v) is 18.8. The molecule has 0 spiro atoms. The van der Waals surface area contributed by atoms with Crippen LogP contribution >= 0.6 is 0 Å². The van der Waals surface area contributed by atoms with Gasteiger partial charge in [-0.05, 0) is 44.7 Å². The summed E-state index contributed by atoms with van der Waals surface area (Å²) in [7, 11) is 0. The first-order chi connectivity index (χ1) is 16.2. The highest BCUT2D eigenvalue weighted by Gasteiger charge is 2.28. The molecule has 3 N–H and O–H groups in total. The lowest BCUT2D eigenvalue weighted by molar-refractivity contribution is -0.0222. The Morgan fingerprint density at radius 1 is 1.18 bits per heavy atom. The van der Waals surface area contributed by atoms with E-state index in [1.807, 2.05) is 19.2 Å². The maximum absolute atomic E-state index is 12.5. The molecule has 0 saturated carbocycles. The van der Waals surface area contributed by atoms with Crippen LogP contribution < -0.4 is 16.2 Å². The molecular weight excluding hydrogens is 420 g/mol. The molecule has 0 radical (unpaired) electrons. The van der Waals surface area contributed by atoms with E-state index in [9.17, 15) is 4.79 Å². The third-order valence-corrected chi connectivity index (χ3v) is 6.58. The third kappa shape index (κ3) is 4.90. The second-order valence-corrected chi connectivity index (χ2v) is 8.89. The summed E-state index contributed by atoms with van der Waals surface area (Å²) in [6.45, 7) is 5.88. The molecule has 33 heavy (non-hydrogen) atoms. The first-order valence-electron chi connectivity index (χ1n) is 11.6. The van der Waals surface area contributed by atoms with E-state index in [0.29, 0.717) is 22.8 Å². The molecule has 3 aromatic rings. The molecule has 5 heterocycles. The number of anilines is 1. The number of pyridine rings is 2. The number of hydrogen-bond acceptors (Lipinski definition) is 8. The highest BCUT2D eigenvalue weighted by molar-refractivity contribution is 5.99. The van der Waals surface area contributed by atoms with Gasteiger partial charge in [-0.15, -0.1) is 0 Å². The summed E-state index contributed by atoms with van der Waals surface area (Å²) >= 11 is 0. The Kier molecular flexibility index (Phi) is 6.61. The van der Waals surface area contributed by atoms with Crippen molar-refractivity contribution in [1.29, 1.82) is 0 Å². The molecule has 3 aromatic heterocycles. The number of aromatic nitrogens is 4. The molecule has 0 amide bonds. The summed E-state index contributed by atoms with van der Waals surface area (Å²) < 4.78 is 11.8. The van der Waals surface area contributed by atoms with Crippen LogP contribution in [0.3, 0.4) is 0 Å². The number of ether oxygens (including phenoxy) is 2. The van der Waals surface area contributed by atoms with Crippen LogP contribution in [0.15, 0.2) is 35.8 Å². The van der Waals surface area contributed by atoms with Crippen molar-refractivity contribution >= 4 is 16.7 Å². The predicted octanol–water partition coefficient (Wildman–Crippen LogP) is 2.27. The predicted molar refractivity (Wildman–Crippen MR) is 126 cm³/mol. The average Bonchev–Trinajstić information content (AvgIpc) is 2.86. The Bertz CT molecular complexity index is 1150. The summed E-state index contributed by atoms with van der Waals surface area (Å²) in [5, 5.41) is 7.94. The molecule has 2 fully saturated rings. The molecule has 0 aliphatic carbocycles. The van der Waals surface area contributed by atoms with E-state index in [1.54, 1.807) is 12.4 Å². The molecule has 0 aromatic carbocycles. The summed E-state index contributed by atoms with van der Waals surface area (Å²) in [5.41, 5.74) is 2.96. The van der Waals surface area contributed by atoms with Crippen molar-refractivity contribution in [3.05, 3.63) is 46.9 Å².